The Bertz CT molecular complexity index is 624. The summed E-state index contributed by atoms with van der Waals surface area (Å²) in [5.41, 5.74) is 7.58. The summed E-state index contributed by atoms with van der Waals surface area (Å²) in [6.45, 7) is 0.518. The number of benzene rings is 1. The Labute approximate surface area is 129 Å². The van der Waals surface area contributed by atoms with E-state index >= 15 is 0 Å². The van der Waals surface area contributed by atoms with E-state index in [-0.39, 0.29) is 10.9 Å². The van der Waals surface area contributed by atoms with Crippen molar-refractivity contribution in [1.82, 2.24) is 15.1 Å². The van der Waals surface area contributed by atoms with Crippen LogP contribution in [0.3, 0.4) is 0 Å². The number of hydrogen-bond acceptors (Lipinski definition) is 3. The summed E-state index contributed by atoms with van der Waals surface area (Å²) < 4.78 is 1.79. The maximum Gasteiger partial charge on any atom is 0.234 e. The number of nitrogens with zero attached hydrogens (tertiary/aromatic N) is 2. The molecule has 110 valence electrons. The molecule has 1 aromatic carbocycles. The van der Waals surface area contributed by atoms with Crippen molar-refractivity contribution in [3.63, 3.8) is 0 Å². The van der Waals surface area contributed by atoms with Gasteiger partial charge in [-0.15, -0.1) is 0 Å². The highest BCUT2D eigenvalue weighted by molar-refractivity contribution is 7.80. The minimum atomic E-state index is -0.590. The highest BCUT2D eigenvalue weighted by atomic mass is 32.1. The Morgan fingerprint density at radius 2 is 2.10 bits per heavy atom. The van der Waals surface area contributed by atoms with E-state index in [1.807, 2.05) is 43.4 Å². The molecule has 1 amide bonds. The summed E-state index contributed by atoms with van der Waals surface area (Å²) >= 11 is 5.03. The lowest BCUT2D eigenvalue weighted by Gasteiger charge is -2.16. The molecule has 0 saturated carbocycles. The topological polar surface area (TPSA) is 72.9 Å². The lowest BCUT2D eigenvalue weighted by atomic mass is 9.98. The van der Waals surface area contributed by atoms with Crippen molar-refractivity contribution >= 4 is 23.1 Å². The van der Waals surface area contributed by atoms with Gasteiger partial charge in [-0.3, -0.25) is 9.48 Å². The molecule has 1 aromatic heterocycles. The van der Waals surface area contributed by atoms with Crippen molar-refractivity contribution in [2.45, 2.75) is 12.3 Å². The van der Waals surface area contributed by atoms with Gasteiger partial charge in [0.25, 0.3) is 0 Å². The van der Waals surface area contributed by atoms with Crippen molar-refractivity contribution in [3.05, 3.63) is 53.9 Å². The fraction of sp³-hybridized carbons (Fsp3) is 0.267. The van der Waals surface area contributed by atoms with Crippen molar-refractivity contribution in [3.8, 4) is 0 Å². The van der Waals surface area contributed by atoms with Crippen LogP contribution in [0, 0.1) is 0 Å². The largest absolute Gasteiger partial charge is 0.392 e. The molecule has 2 rings (SSSR count). The quantitative estimate of drug-likeness (QED) is 0.785. The normalized spacial score (nSPS) is 11.9. The SMILES string of the molecule is Cn1nccc1CCNC(=O)C(C(N)=S)c1ccccc1. The number of carbonyl (C=O) groups excluding carboxylic acids is 1. The number of hydrogen-bond donors (Lipinski definition) is 2. The molecule has 1 atom stereocenters. The van der Waals surface area contributed by atoms with Gasteiger partial charge >= 0.3 is 0 Å². The number of nitrogens with one attached hydrogen (secondary N) is 1. The summed E-state index contributed by atoms with van der Waals surface area (Å²) in [6, 6.07) is 11.2. The number of rotatable bonds is 6. The first-order valence-electron chi connectivity index (χ1n) is 6.68. The summed E-state index contributed by atoms with van der Waals surface area (Å²) in [5.74, 6) is -0.761. The Hall–Kier alpha value is -2.21. The average molecular weight is 302 g/mol. The predicted molar refractivity (Wildman–Crippen MR) is 85.9 cm³/mol. The van der Waals surface area contributed by atoms with Crippen LogP contribution in [0.2, 0.25) is 0 Å². The molecule has 6 heteroatoms. The third-order valence-corrected chi connectivity index (χ3v) is 3.52. The smallest absolute Gasteiger partial charge is 0.234 e. The van der Waals surface area contributed by atoms with Crippen molar-refractivity contribution in [2.24, 2.45) is 12.8 Å². The zero-order chi connectivity index (χ0) is 15.2. The molecule has 5 nitrogen and oxygen atoms in total. The standard InChI is InChI=1S/C15H18N4OS/c1-19-12(8-10-18-19)7-9-17-15(20)13(14(16)21)11-5-3-2-4-6-11/h2-6,8,10,13H,7,9H2,1H3,(H2,16,21)(H,17,20). The second kappa shape index (κ2) is 6.99. The fourth-order valence-corrected chi connectivity index (χ4v) is 2.40. The first kappa shape index (κ1) is 15.2. The van der Waals surface area contributed by atoms with E-state index in [4.69, 9.17) is 18.0 Å². The monoisotopic (exact) mass is 302 g/mol. The zero-order valence-corrected chi connectivity index (χ0v) is 12.6. The summed E-state index contributed by atoms with van der Waals surface area (Å²) in [6.07, 6.45) is 2.44. The van der Waals surface area contributed by atoms with Gasteiger partial charge in [0.05, 0.1) is 4.99 Å². The minimum Gasteiger partial charge on any atom is -0.392 e. The maximum absolute atomic E-state index is 12.3. The van der Waals surface area contributed by atoms with E-state index in [9.17, 15) is 4.79 Å². The third kappa shape index (κ3) is 3.88. The highest BCUT2D eigenvalue weighted by Gasteiger charge is 2.22. The lowest BCUT2D eigenvalue weighted by molar-refractivity contribution is -0.121. The van der Waals surface area contributed by atoms with Gasteiger partial charge in [-0.1, -0.05) is 42.5 Å². The Kier molecular flexibility index (Phi) is 5.05. The Balaban J connectivity index is 1.97. The molecule has 0 fully saturated rings. The van der Waals surface area contributed by atoms with Crippen LogP contribution >= 0.6 is 12.2 Å². The van der Waals surface area contributed by atoms with Crippen LogP contribution in [0.1, 0.15) is 17.2 Å². The van der Waals surface area contributed by atoms with Gasteiger partial charge < -0.3 is 11.1 Å². The third-order valence-electron chi connectivity index (χ3n) is 3.28. The predicted octanol–water partition coefficient (Wildman–Crippen LogP) is 1.15. The first-order chi connectivity index (χ1) is 10.1. The van der Waals surface area contributed by atoms with Crippen molar-refractivity contribution in [2.75, 3.05) is 6.54 Å². The first-order valence-corrected chi connectivity index (χ1v) is 7.09. The number of nitrogens with two attached hydrogens (primary N) is 1. The summed E-state index contributed by atoms with van der Waals surface area (Å²) in [5, 5.41) is 6.97. The minimum absolute atomic E-state index is 0.170. The van der Waals surface area contributed by atoms with Crippen LogP contribution in [0.25, 0.3) is 0 Å². The Morgan fingerprint density at radius 3 is 2.67 bits per heavy atom. The molecule has 0 aliphatic heterocycles. The molecule has 3 N–H and O–H groups in total. The molecular weight excluding hydrogens is 284 g/mol. The van der Waals surface area contributed by atoms with E-state index in [1.165, 1.54) is 0 Å². The number of thiocarbonyl (C=S) groups is 1. The molecule has 0 aliphatic carbocycles. The van der Waals surface area contributed by atoms with Crippen LogP contribution in [0.5, 0.6) is 0 Å². The van der Waals surface area contributed by atoms with E-state index in [2.05, 4.69) is 10.4 Å². The van der Waals surface area contributed by atoms with Crippen LogP contribution in [0.15, 0.2) is 42.6 Å². The number of amides is 1. The molecule has 1 unspecified atom stereocenters. The van der Waals surface area contributed by atoms with Crippen LogP contribution in [-0.4, -0.2) is 27.2 Å². The number of aromatic nitrogens is 2. The van der Waals surface area contributed by atoms with Crippen molar-refractivity contribution in [1.29, 1.82) is 0 Å². The van der Waals surface area contributed by atoms with Crippen LogP contribution < -0.4 is 11.1 Å². The molecule has 0 spiro atoms. The molecular formula is C15H18N4OS. The summed E-state index contributed by atoms with van der Waals surface area (Å²) in [4.78, 5) is 12.5. The van der Waals surface area contributed by atoms with Crippen LogP contribution in [-0.2, 0) is 18.3 Å². The van der Waals surface area contributed by atoms with Crippen molar-refractivity contribution < 1.29 is 4.79 Å². The van der Waals surface area contributed by atoms with E-state index in [1.54, 1.807) is 10.9 Å². The molecule has 1 heterocycles. The highest BCUT2D eigenvalue weighted by Crippen LogP contribution is 2.16. The average Bonchev–Trinajstić information content (AvgIpc) is 2.85. The maximum atomic E-state index is 12.3. The van der Waals surface area contributed by atoms with E-state index in [0.717, 1.165) is 11.3 Å². The second-order valence-corrected chi connectivity index (χ2v) is 5.20. The molecule has 0 bridgehead atoms. The molecule has 2 aromatic rings. The Morgan fingerprint density at radius 1 is 1.38 bits per heavy atom. The molecule has 0 saturated heterocycles. The lowest BCUT2D eigenvalue weighted by Crippen LogP contribution is -2.37. The van der Waals surface area contributed by atoms with Crippen LogP contribution in [0.4, 0.5) is 0 Å². The van der Waals surface area contributed by atoms with Gasteiger partial charge in [0, 0.05) is 31.9 Å². The summed E-state index contributed by atoms with van der Waals surface area (Å²) in [7, 11) is 1.87. The van der Waals surface area contributed by atoms with E-state index < -0.39 is 5.92 Å². The molecule has 0 radical (unpaired) electrons. The van der Waals surface area contributed by atoms with Gasteiger partial charge in [-0.25, -0.2) is 0 Å². The molecule has 21 heavy (non-hydrogen) atoms. The fourth-order valence-electron chi connectivity index (χ4n) is 2.15. The second-order valence-electron chi connectivity index (χ2n) is 4.73. The van der Waals surface area contributed by atoms with Gasteiger partial charge in [0.1, 0.15) is 5.92 Å². The number of carbonyl (C=O) groups is 1. The van der Waals surface area contributed by atoms with Gasteiger partial charge in [0.2, 0.25) is 5.91 Å². The van der Waals surface area contributed by atoms with E-state index in [0.29, 0.717) is 13.0 Å². The van der Waals surface area contributed by atoms with Gasteiger partial charge in [-0.05, 0) is 11.6 Å². The zero-order valence-electron chi connectivity index (χ0n) is 11.8. The van der Waals surface area contributed by atoms with Gasteiger partial charge in [0.15, 0.2) is 0 Å². The molecule has 0 aliphatic rings. The van der Waals surface area contributed by atoms with Gasteiger partial charge in [-0.2, -0.15) is 5.10 Å². The number of aryl methyl sites for hydroxylation is 1.